The van der Waals surface area contributed by atoms with E-state index in [1.165, 1.54) is 10.8 Å². The third kappa shape index (κ3) is 3.72. The zero-order chi connectivity index (χ0) is 18.8. The van der Waals surface area contributed by atoms with Crippen molar-refractivity contribution >= 4 is 28.5 Å². The maximum Gasteiger partial charge on any atom is 0.269 e. The van der Waals surface area contributed by atoms with Crippen molar-refractivity contribution in [3.8, 4) is 0 Å². The zero-order valence-electron chi connectivity index (χ0n) is 14.5. The molecule has 1 saturated carbocycles. The number of amides is 2. The van der Waals surface area contributed by atoms with Crippen LogP contribution in [0.15, 0.2) is 59.5 Å². The molecule has 2 aromatic carbocycles. The highest BCUT2D eigenvalue weighted by atomic mass is 16.2. The van der Waals surface area contributed by atoms with E-state index in [1.54, 1.807) is 42.5 Å². The second kappa shape index (κ2) is 7.03. The number of aromatic nitrogens is 2. The Bertz CT molecular complexity index is 1090. The molecular formula is C20H18N4O3. The van der Waals surface area contributed by atoms with Crippen LogP contribution in [-0.2, 0) is 11.3 Å². The van der Waals surface area contributed by atoms with Crippen LogP contribution in [0.25, 0.3) is 11.0 Å². The van der Waals surface area contributed by atoms with Crippen molar-refractivity contribution in [1.82, 2.24) is 14.9 Å². The second-order valence-corrected chi connectivity index (χ2v) is 6.51. The highest BCUT2D eigenvalue weighted by Gasteiger charge is 2.25. The monoisotopic (exact) mass is 362 g/mol. The molecule has 27 heavy (non-hydrogen) atoms. The molecule has 0 bridgehead atoms. The lowest BCUT2D eigenvalue weighted by Gasteiger charge is -2.13. The minimum absolute atomic E-state index is 0.166. The van der Waals surface area contributed by atoms with Crippen molar-refractivity contribution in [3.05, 3.63) is 70.6 Å². The van der Waals surface area contributed by atoms with Crippen molar-refractivity contribution < 1.29 is 9.59 Å². The fourth-order valence-electron chi connectivity index (χ4n) is 2.89. The number of carbonyl (C=O) groups is 2. The molecule has 0 spiro atoms. The summed E-state index contributed by atoms with van der Waals surface area (Å²) in [5.41, 5.74) is 1.69. The Kier molecular flexibility index (Phi) is 4.42. The Labute approximate surface area is 155 Å². The number of para-hydroxylation sites is 3. The van der Waals surface area contributed by atoms with Crippen molar-refractivity contribution in [2.45, 2.75) is 25.4 Å². The Hall–Kier alpha value is -3.48. The van der Waals surface area contributed by atoms with Gasteiger partial charge in [-0.1, -0.05) is 24.3 Å². The highest BCUT2D eigenvalue weighted by Crippen LogP contribution is 2.21. The number of rotatable bonds is 5. The molecule has 0 aliphatic heterocycles. The van der Waals surface area contributed by atoms with Gasteiger partial charge in [-0.15, -0.1) is 0 Å². The lowest BCUT2D eigenvalue weighted by molar-refractivity contribution is -0.116. The Morgan fingerprint density at radius 1 is 1.07 bits per heavy atom. The van der Waals surface area contributed by atoms with Crippen LogP contribution >= 0.6 is 0 Å². The third-order valence-electron chi connectivity index (χ3n) is 4.41. The molecule has 136 valence electrons. The van der Waals surface area contributed by atoms with Crippen LogP contribution in [0.4, 0.5) is 5.69 Å². The van der Waals surface area contributed by atoms with E-state index in [0.717, 1.165) is 12.8 Å². The summed E-state index contributed by atoms with van der Waals surface area (Å²) in [4.78, 5) is 41.2. The normalized spacial score (nSPS) is 13.3. The lowest BCUT2D eigenvalue weighted by Crippen LogP contribution is -2.30. The molecule has 1 aliphatic rings. The summed E-state index contributed by atoms with van der Waals surface area (Å²) in [5.74, 6) is -0.597. The summed E-state index contributed by atoms with van der Waals surface area (Å²) in [5, 5.41) is 5.66. The molecule has 1 fully saturated rings. The fraction of sp³-hybridized carbons (Fsp3) is 0.200. The van der Waals surface area contributed by atoms with Crippen LogP contribution in [0.5, 0.6) is 0 Å². The summed E-state index contributed by atoms with van der Waals surface area (Å²) in [6.45, 7) is -0.166. The number of hydrogen-bond acceptors (Lipinski definition) is 4. The molecule has 0 saturated heterocycles. The van der Waals surface area contributed by atoms with Gasteiger partial charge in [0.25, 0.3) is 11.5 Å². The number of nitrogens with zero attached hydrogens (tertiary/aromatic N) is 2. The molecule has 1 heterocycles. The number of nitrogens with one attached hydrogen (secondary N) is 2. The zero-order valence-corrected chi connectivity index (χ0v) is 14.5. The second-order valence-electron chi connectivity index (χ2n) is 6.51. The third-order valence-corrected chi connectivity index (χ3v) is 4.41. The first-order valence-electron chi connectivity index (χ1n) is 8.76. The first kappa shape index (κ1) is 17.0. The van der Waals surface area contributed by atoms with Gasteiger partial charge >= 0.3 is 0 Å². The Balaban J connectivity index is 1.56. The summed E-state index contributed by atoms with van der Waals surface area (Å²) < 4.78 is 1.37. The first-order chi connectivity index (χ1) is 13.1. The summed E-state index contributed by atoms with van der Waals surface area (Å²) in [6, 6.07) is 14.2. The van der Waals surface area contributed by atoms with E-state index >= 15 is 0 Å². The summed E-state index contributed by atoms with van der Waals surface area (Å²) >= 11 is 0. The van der Waals surface area contributed by atoms with Crippen LogP contribution in [-0.4, -0.2) is 27.4 Å². The van der Waals surface area contributed by atoms with E-state index in [0.29, 0.717) is 22.3 Å². The van der Waals surface area contributed by atoms with Crippen molar-refractivity contribution in [2.24, 2.45) is 0 Å². The molecule has 7 heteroatoms. The van der Waals surface area contributed by atoms with Crippen molar-refractivity contribution in [1.29, 1.82) is 0 Å². The number of hydrogen-bond donors (Lipinski definition) is 2. The van der Waals surface area contributed by atoms with Crippen LogP contribution in [0.1, 0.15) is 23.2 Å². The van der Waals surface area contributed by atoms with Crippen LogP contribution in [0, 0.1) is 0 Å². The largest absolute Gasteiger partial charge is 0.349 e. The minimum Gasteiger partial charge on any atom is -0.349 e. The van der Waals surface area contributed by atoms with Crippen molar-refractivity contribution in [3.63, 3.8) is 0 Å². The molecule has 0 atom stereocenters. The van der Waals surface area contributed by atoms with E-state index < -0.39 is 0 Å². The molecule has 0 radical (unpaired) electrons. The van der Waals surface area contributed by atoms with Gasteiger partial charge in [0.05, 0.1) is 28.5 Å². The van der Waals surface area contributed by atoms with E-state index in [9.17, 15) is 14.4 Å². The van der Waals surface area contributed by atoms with Gasteiger partial charge < -0.3 is 10.6 Å². The molecule has 1 aliphatic carbocycles. The van der Waals surface area contributed by atoms with E-state index in [-0.39, 0.29) is 30.0 Å². The minimum atomic E-state index is -0.389. The molecule has 2 amide bonds. The quantitative estimate of drug-likeness (QED) is 0.725. The average molecular weight is 362 g/mol. The maximum atomic E-state index is 12.6. The van der Waals surface area contributed by atoms with Crippen LogP contribution in [0.2, 0.25) is 0 Å². The summed E-state index contributed by atoms with van der Waals surface area (Å²) in [7, 11) is 0. The van der Waals surface area contributed by atoms with E-state index in [2.05, 4.69) is 15.6 Å². The number of fused-ring (bicyclic) bond motifs is 1. The lowest BCUT2D eigenvalue weighted by atomic mass is 10.1. The molecule has 7 nitrogen and oxygen atoms in total. The first-order valence-corrected chi connectivity index (χ1v) is 8.76. The topological polar surface area (TPSA) is 93.1 Å². The van der Waals surface area contributed by atoms with E-state index in [4.69, 9.17) is 0 Å². The van der Waals surface area contributed by atoms with Gasteiger partial charge in [-0.05, 0) is 37.1 Å². The molecule has 0 unspecified atom stereocenters. The van der Waals surface area contributed by atoms with Gasteiger partial charge in [-0.2, -0.15) is 0 Å². The van der Waals surface area contributed by atoms with Gasteiger partial charge in [-0.25, -0.2) is 4.98 Å². The van der Waals surface area contributed by atoms with Gasteiger partial charge in [-0.3, -0.25) is 19.0 Å². The Morgan fingerprint density at radius 2 is 1.81 bits per heavy atom. The molecule has 1 aromatic heterocycles. The molecule has 2 N–H and O–H groups in total. The predicted octanol–water partition coefficient (Wildman–Crippen LogP) is 1.93. The van der Waals surface area contributed by atoms with E-state index in [1.807, 2.05) is 6.07 Å². The van der Waals surface area contributed by atoms with Crippen LogP contribution < -0.4 is 16.2 Å². The van der Waals surface area contributed by atoms with Crippen LogP contribution in [0.3, 0.4) is 0 Å². The summed E-state index contributed by atoms with van der Waals surface area (Å²) in [6.07, 6.45) is 3.17. The SMILES string of the molecule is O=C(Cn1c(=O)cnc2ccccc21)Nc1ccccc1C(=O)NC1CC1. The standard InChI is InChI=1S/C20H18N4O3/c25-18(12-24-17-8-4-3-7-16(17)21-11-19(24)26)23-15-6-2-1-5-14(15)20(27)22-13-9-10-13/h1-8,11,13H,9-10,12H2,(H,22,27)(H,23,25). The van der Waals surface area contributed by atoms with Gasteiger partial charge in [0.2, 0.25) is 5.91 Å². The van der Waals surface area contributed by atoms with Gasteiger partial charge in [0.1, 0.15) is 6.54 Å². The fourth-order valence-corrected chi connectivity index (χ4v) is 2.89. The smallest absolute Gasteiger partial charge is 0.269 e. The van der Waals surface area contributed by atoms with Crippen molar-refractivity contribution in [2.75, 3.05) is 5.32 Å². The van der Waals surface area contributed by atoms with Gasteiger partial charge in [0, 0.05) is 6.04 Å². The molecular weight excluding hydrogens is 344 g/mol. The Morgan fingerprint density at radius 3 is 2.63 bits per heavy atom. The average Bonchev–Trinajstić information content (AvgIpc) is 3.48. The highest BCUT2D eigenvalue weighted by molar-refractivity contribution is 6.04. The maximum absolute atomic E-state index is 12.6. The molecule has 3 aromatic rings. The van der Waals surface area contributed by atoms with Gasteiger partial charge in [0.15, 0.2) is 0 Å². The predicted molar refractivity (Wildman–Crippen MR) is 102 cm³/mol. The molecule has 4 rings (SSSR count). The number of anilines is 1. The number of carbonyl (C=O) groups excluding carboxylic acids is 2. The number of benzene rings is 2.